The van der Waals surface area contributed by atoms with Crippen LogP contribution in [0.15, 0.2) is 0 Å². The minimum Gasteiger partial charge on any atom is -0.550 e. The summed E-state index contributed by atoms with van der Waals surface area (Å²) in [5, 5.41) is 21.6. The van der Waals surface area contributed by atoms with Crippen molar-refractivity contribution in [2.45, 2.75) is 47.0 Å². The third kappa shape index (κ3) is 3.22. The lowest BCUT2D eigenvalue weighted by atomic mass is 9.66. The monoisotopic (exact) mass is 228 g/mol. The second-order valence-corrected chi connectivity index (χ2v) is 4.86. The molecule has 0 N–H and O–H groups in total. The molecule has 0 aromatic rings. The molecule has 0 aromatic carbocycles. The third-order valence-electron chi connectivity index (χ3n) is 3.41. The third-order valence-corrected chi connectivity index (χ3v) is 3.41. The van der Waals surface area contributed by atoms with E-state index in [2.05, 4.69) is 0 Å². The van der Waals surface area contributed by atoms with Crippen molar-refractivity contribution in [3.63, 3.8) is 0 Å². The summed E-state index contributed by atoms with van der Waals surface area (Å²) in [5.41, 5.74) is -0.949. The Balaban J connectivity index is 4.77. The molecule has 0 spiro atoms. The predicted octanol–water partition coefficient (Wildman–Crippen LogP) is -0.0451. The number of hydrogen-bond acceptors (Lipinski definition) is 4. The van der Waals surface area contributed by atoms with Crippen LogP contribution in [0.2, 0.25) is 0 Å². The van der Waals surface area contributed by atoms with Crippen LogP contribution in [-0.2, 0) is 9.59 Å². The van der Waals surface area contributed by atoms with Gasteiger partial charge in [0, 0.05) is 17.4 Å². The number of carbonyl (C=O) groups is 2. The fraction of sp³-hybridized carbons (Fsp3) is 0.833. The van der Waals surface area contributed by atoms with Gasteiger partial charge in [0.05, 0.1) is 0 Å². The molecule has 0 aromatic heterocycles. The van der Waals surface area contributed by atoms with Gasteiger partial charge in [-0.3, -0.25) is 0 Å². The Hall–Kier alpha value is -1.06. The van der Waals surface area contributed by atoms with Gasteiger partial charge in [-0.25, -0.2) is 0 Å². The van der Waals surface area contributed by atoms with Crippen molar-refractivity contribution in [1.29, 1.82) is 0 Å². The van der Waals surface area contributed by atoms with Crippen LogP contribution in [0, 0.1) is 17.3 Å². The normalized spacial score (nSPS) is 12.1. The first-order chi connectivity index (χ1) is 7.25. The molecule has 0 amide bonds. The van der Waals surface area contributed by atoms with Crippen LogP contribution in [0.1, 0.15) is 47.0 Å². The standard InChI is InChI=1S/C12H22O4/c1-8(2)12(9(3)4,11(15)16)7-5-6-10(13)14/h8-9H,5-7H2,1-4H3,(H,13,14)(H,15,16)/p-2. The molecule has 0 fully saturated rings. The van der Waals surface area contributed by atoms with Crippen LogP contribution < -0.4 is 10.2 Å². The van der Waals surface area contributed by atoms with Crippen LogP contribution in [0.5, 0.6) is 0 Å². The summed E-state index contributed by atoms with van der Waals surface area (Å²) in [5.74, 6) is -2.39. The first-order valence-electron chi connectivity index (χ1n) is 5.66. The van der Waals surface area contributed by atoms with E-state index in [9.17, 15) is 19.8 Å². The number of carboxylic acid groups (broad SMARTS) is 2. The highest BCUT2D eigenvalue weighted by Crippen LogP contribution is 2.40. The molecular formula is C12H20O4-2. The van der Waals surface area contributed by atoms with Gasteiger partial charge >= 0.3 is 0 Å². The predicted molar refractivity (Wildman–Crippen MR) is 56.0 cm³/mol. The van der Waals surface area contributed by atoms with Crippen molar-refractivity contribution in [3.05, 3.63) is 0 Å². The van der Waals surface area contributed by atoms with Gasteiger partial charge in [0.15, 0.2) is 0 Å². The van der Waals surface area contributed by atoms with Crippen LogP contribution in [0.25, 0.3) is 0 Å². The average molecular weight is 228 g/mol. The van der Waals surface area contributed by atoms with Crippen molar-refractivity contribution < 1.29 is 19.8 Å². The Morgan fingerprint density at radius 2 is 1.50 bits per heavy atom. The van der Waals surface area contributed by atoms with Crippen molar-refractivity contribution in [2.24, 2.45) is 17.3 Å². The fourth-order valence-electron chi connectivity index (χ4n) is 2.34. The maximum atomic E-state index is 11.3. The molecule has 16 heavy (non-hydrogen) atoms. The molecule has 0 saturated carbocycles. The molecule has 4 nitrogen and oxygen atoms in total. The van der Waals surface area contributed by atoms with E-state index in [0.29, 0.717) is 12.8 Å². The average Bonchev–Trinajstić information content (AvgIpc) is 2.09. The Morgan fingerprint density at radius 3 is 1.75 bits per heavy atom. The van der Waals surface area contributed by atoms with E-state index in [-0.39, 0.29) is 18.3 Å². The van der Waals surface area contributed by atoms with E-state index < -0.39 is 17.4 Å². The number of carbonyl (C=O) groups excluding carboxylic acids is 2. The molecule has 0 saturated heterocycles. The summed E-state index contributed by atoms with van der Waals surface area (Å²) in [4.78, 5) is 21.6. The second-order valence-electron chi connectivity index (χ2n) is 4.86. The molecule has 0 rings (SSSR count). The molecule has 0 aliphatic heterocycles. The molecular weight excluding hydrogens is 208 g/mol. The SMILES string of the molecule is CC(C)C(CCCC(=O)[O-])(C(=O)[O-])C(C)C. The minimum absolute atomic E-state index is 0.0840. The van der Waals surface area contributed by atoms with Gasteiger partial charge in [-0.2, -0.15) is 0 Å². The van der Waals surface area contributed by atoms with Gasteiger partial charge in [0.1, 0.15) is 0 Å². The molecule has 94 valence electrons. The van der Waals surface area contributed by atoms with E-state index in [0.717, 1.165) is 0 Å². The highest BCUT2D eigenvalue weighted by atomic mass is 16.4. The van der Waals surface area contributed by atoms with Gasteiger partial charge in [0.25, 0.3) is 0 Å². The van der Waals surface area contributed by atoms with Crippen molar-refractivity contribution in [2.75, 3.05) is 0 Å². The summed E-state index contributed by atoms with van der Waals surface area (Å²) < 4.78 is 0. The van der Waals surface area contributed by atoms with Crippen molar-refractivity contribution >= 4 is 11.9 Å². The first kappa shape index (κ1) is 14.9. The van der Waals surface area contributed by atoms with E-state index in [4.69, 9.17) is 0 Å². The number of rotatable bonds is 7. The van der Waals surface area contributed by atoms with Crippen LogP contribution in [-0.4, -0.2) is 11.9 Å². The molecule has 0 radical (unpaired) electrons. The zero-order valence-corrected chi connectivity index (χ0v) is 10.4. The summed E-state index contributed by atoms with van der Waals surface area (Å²) in [6.45, 7) is 7.31. The number of carboxylic acids is 2. The van der Waals surface area contributed by atoms with Crippen LogP contribution >= 0.6 is 0 Å². The van der Waals surface area contributed by atoms with E-state index >= 15 is 0 Å². The van der Waals surface area contributed by atoms with Gasteiger partial charge in [-0.1, -0.05) is 27.7 Å². The van der Waals surface area contributed by atoms with Crippen LogP contribution in [0.3, 0.4) is 0 Å². The molecule has 0 aliphatic rings. The maximum Gasteiger partial charge on any atom is 0.0481 e. The lowest BCUT2D eigenvalue weighted by molar-refractivity contribution is -0.325. The maximum absolute atomic E-state index is 11.3. The lowest BCUT2D eigenvalue weighted by Crippen LogP contribution is -2.49. The smallest absolute Gasteiger partial charge is 0.0481 e. The Labute approximate surface area is 96.7 Å². The summed E-state index contributed by atoms with van der Waals surface area (Å²) in [7, 11) is 0. The minimum atomic E-state index is -1.14. The van der Waals surface area contributed by atoms with E-state index in [1.165, 1.54) is 0 Å². The zero-order chi connectivity index (χ0) is 12.9. The number of aliphatic carboxylic acids is 2. The van der Waals surface area contributed by atoms with Gasteiger partial charge in [0.2, 0.25) is 0 Å². The second kappa shape index (κ2) is 5.87. The highest BCUT2D eigenvalue weighted by molar-refractivity contribution is 5.73. The molecule has 0 aliphatic carbocycles. The largest absolute Gasteiger partial charge is 0.550 e. The Kier molecular flexibility index (Phi) is 5.48. The molecule has 0 unspecified atom stereocenters. The Morgan fingerprint density at radius 1 is 1.06 bits per heavy atom. The summed E-state index contributed by atoms with van der Waals surface area (Å²) in [6, 6.07) is 0. The van der Waals surface area contributed by atoms with E-state index in [1.54, 1.807) is 0 Å². The molecule has 0 bridgehead atoms. The summed E-state index contributed by atoms with van der Waals surface area (Å²) in [6.07, 6.45) is 0.528. The molecule has 0 atom stereocenters. The molecule has 4 heteroatoms. The number of hydrogen-bond donors (Lipinski definition) is 0. The van der Waals surface area contributed by atoms with Crippen molar-refractivity contribution in [1.82, 2.24) is 0 Å². The molecule has 0 heterocycles. The van der Waals surface area contributed by atoms with Gasteiger partial charge < -0.3 is 19.8 Å². The first-order valence-corrected chi connectivity index (χ1v) is 5.66. The lowest BCUT2D eigenvalue weighted by Gasteiger charge is -2.42. The van der Waals surface area contributed by atoms with E-state index in [1.807, 2.05) is 27.7 Å². The summed E-state index contributed by atoms with van der Waals surface area (Å²) >= 11 is 0. The quantitative estimate of drug-likeness (QED) is 0.612. The Bertz CT molecular complexity index is 248. The zero-order valence-electron chi connectivity index (χ0n) is 10.4. The van der Waals surface area contributed by atoms with Crippen LogP contribution in [0.4, 0.5) is 0 Å². The topological polar surface area (TPSA) is 80.3 Å². The van der Waals surface area contributed by atoms with Crippen molar-refractivity contribution in [3.8, 4) is 0 Å². The fourth-order valence-corrected chi connectivity index (χ4v) is 2.34. The van der Waals surface area contributed by atoms with Gasteiger partial charge in [-0.05, 0) is 31.1 Å². The van der Waals surface area contributed by atoms with Gasteiger partial charge in [-0.15, -0.1) is 0 Å². The highest BCUT2D eigenvalue weighted by Gasteiger charge is 2.37.